The van der Waals surface area contributed by atoms with Gasteiger partial charge in [0, 0.05) is 24.8 Å². The van der Waals surface area contributed by atoms with Crippen molar-refractivity contribution in [3.05, 3.63) is 23.3 Å². The zero-order valence-electron chi connectivity index (χ0n) is 14.4. The van der Waals surface area contributed by atoms with E-state index in [0.29, 0.717) is 11.3 Å². The molecule has 7 nitrogen and oxygen atoms in total. The lowest BCUT2D eigenvalue weighted by molar-refractivity contribution is -0.177. The van der Waals surface area contributed by atoms with Crippen molar-refractivity contribution in [2.45, 2.75) is 44.5 Å². The van der Waals surface area contributed by atoms with E-state index in [0.717, 1.165) is 0 Å². The van der Waals surface area contributed by atoms with Crippen molar-refractivity contribution in [3.8, 4) is 11.5 Å². The van der Waals surface area contributed by atoms with Crippen molar-refractivity contribution in [1.82, 2.24) is 0 Å². The van der Waals surface area contributed by atoms with E-state index in [2.05, 4.69) is 0 Å². The van der Waals surface area contributed by atoms with E-state index < -0.39 is 35.6 Å². The fourth-order valence-electron chi connectivity index (χ4n) is 4.08. The highest BCUT2D eigenvalue weighted by atomic mass is 16.6. The monoisotopic (exact) mass is 350 g/mol. The molecule has 1 aromatic carbocycles. The van der Waals surface area contributed by atoms with Gasteiger partial charge in [0.1, 0.15) is 17.6 Å². The number of ether oxygens (including phenoxy) is 2. The molecule has 3 rings (SSSR count). The lowest BCUT2D eigenvalue weighted by atomic mass is 9.62. The molecule has 1 aromatic rings. The number of aliphatic hydroxyl groups excluding tert-OH is 1. The van der Waals surface area contributed by atoms with Crippen LogP contribution in [0.4, 0.5) is 0 Å². The van der Waals surface area contributed by atoms with E-state index in [-0.39, 0.29) is 29.9 Å². The standard InChI is InChI=1S/C18H22O7/c1-8(19)25-14-6-10-12(7-18(14,2)23)16(21)11-4-9(24-3)5-13(20)15(11)17(10)22/h4-5,10,12,14,16,20-21,23H,6-7H2,1-3H3/t10-,12-,14+,16-,18-/m0/s1. The first-order chi connectivity index (χ1) is 11.7. The van der Waals surface area contributed by atoms with Gasteiger partial charge in [0.25, 0.3) is 0 Å². The van der Waals surface area contributed by atoms with Gasteiger partial charge in [0.2, 0.25) is 0 Å². The first-order valence-corrected chi connectivity index (χ1v) is 8.18. The van der Waals surface area contributed by atoms with Gasteiger partial charge in [0.05, 0.1) is 24.4 Å². The van der Waals surface area contributed by atoms with Crippen LogP contribution in [0.1, 0.15) is 48.7 Å². The van der Waals surface area contributed by atoms with Crippen LogP contribution in [0.5, 0.6) is 11.5 Å². The third-order valence-corrected chi connectivity index (χ3v) is 5.30. The number of esters is 1. The second-order valence-corrected chi connectivity index (χ2v) is 7.09. The predicted octanol–water partition coefficient (Wildman–Crippen LogP) is 1.34. The third-order valence-electron chi connectivity index (χ3n) is 5.30. The number of aromatic hydroxyl groups is 1. The van der Waals surface area contributed by atoms with Crippen molar-refractivity contribution in [2.75, 3.05) is 7.11 Å². The number of phenolic OH excluding ortho intramolecular Hbond substituents is 1. The van der Waals surface area contributed by atoms with Gasteiger partial charge in [0.15, 0.2) is 5.78 Å². The highest BCUT2D eigenvalue weighted by Gasteiger charge is 2.53. The summed E-state index contributed by atoms with van der Waals surface area (Å²) in [7, 11) is 1.43. The molecule has 0 spiro atoms. The maximum Gasteiger partial charge on any atom is 0.303 e. The van der Waals surface area contributed by atoms with Crippen LogP contribution >= 0.6 is 0 Å². The highest BCUT2D eigenvalue weighted by molar-refractivity contribution is 6.03. The van der Waals surface area contributed by atoms with Crippen molar-refractivity contribution < 1.29 is 34.4 Å². The van der Waals surface area contributed by atoms with Crippen LogP contribution in [-0.2, 0) is 9.53 Å². The molecule has 3 N–H and O–H groups in total. The molecule has 0 saturated heterocycles. The summed E-state index contributed by atoms with van der Waals surface area (Å²) < 4.78 is 10.3. The van der Waals surface area contributed by atoms with Crippen LogP contribution in [0.3, 0.4) is 0 Å². The Hall–Kier alpha value is -2.12. The maximum atomic E-state index is 12.9. The Morgan fingerprint density at radius 1 is 1.36 bits per heavy atom. The van der Waals surface area contributed by atoms with Gasteiger partial charge in [-0.05, 0) is 31.4 Å². The summed E-state index contributed by atoms with van der Waals surface area (Å²) in [4.78, 5) is 24.2. The highest BCUT2D eigenvalue weighted by Crippen LogP contribution is 2.51. The average Bonchev–Trinajstić information content (AvgIpc) is 2.52. The molecule has 1 fully saturated rings. The number of methoxy groups -OCH3 is 1. The maximum absolute atomic E-state index is 12.9. The zero-order chi connectivity index (χ0) is 18.5. The number of fused-ring (bicyclic) bond motifs is 2. The molecule has 5 atom stereocenters. The molecule has 136 valence electrons. The van der Waals surface area contributed by atoms with Crippen molar-refractivity contribution >= 4 is 11.8 Å². The number of carbonyl (C=O) groups excluding carboxylic acids is 2. The smallest absolute Gasteiger partial charge is 0.303 e. The van der Waals surface area contributed by atoms with E-state index in [4.69, 9.17) is 9.47 Å². The Labute approximate surface area is 145 Å². The van der Waals surface area contributed by atoms with E-state index in [9.17, 15) is 24.9 Å². The van der Waals surface area contributed by atoms with Gasteiger partial charge in [-0.1, -0.05) is 0 Å². The topological polar surface area (TPSA) is 113 Å². The van der Waals surface area contributed by atoms with Gasteiger partial charge < -0.3 is 24.8 Å². The van der Waals surface area contributed by atoms with E-state index in [1.165, 1.54) is 33.1 Å². The molecule has 2 aliphatic carbocycles. The summed E-state index contributed by atoms with van der Waals surface area (Å²) in [6.45, 7) is 2.78. The van der Waals surface area contributed by atoms with E-state index >= 15 is 0 Å². The van der Waals surface area contributed by atoms with Crippen LogP contribution in [0.25, 0.3) is 0 Å². The number of rotatable bonds is 2. The Balaban J connectivity index is 2.03. The molecule has 0 amide bonds. The molecule has 0 heterocycles. The average molecular weight is 350 g/mol. The Morgan fingerprint density at radius 3 is 2.64 bits per heavy atom. The number of aliphatic hydroxyl groups is 2. The summed E-state index contributed by atoms with van der Waals surface area (Å²) in [6, 6.07) is 2.85. The molecular weight excluding hydrogens is 328 g/mol. The molecule has 0 aromatic heterocycles. The molecule has 0 unspecified atom stereocenters. The summed E-state index contributed by atoms with van der Waals surface area (Å²) in [5.41, 5.74) is -0.991. The minimum Gasteiger partial charge on any atom is -0.507 e. The number of Topliss-reactive ketones (excluding diaryl/α,β-unsaturated/α-hetero) is 1. The number of carbonyl (C=O) groups is 2. The van der Waals surface area contributed by atoms with Gasteiger partial charge in [-0.3, -0.25) is 9.59 Å². The number of ketones is 1. The fourth-order valence-corrected chi connectivity index (χ4v) is 4.08. The van der Waals surface area contributed by atoms with Crippen LogP contribution < -0.4 is 4.74 Å². The van der Waals surface area contributed by atoms with Gasteiger partial charge in [-0.2, -0.15) is 0 Å². The van der Waals surface area contributed by atoms with Crippen LogP contribution in [0.2, 0.25) is 0 Å². The quantitative estimate of drug-likeness (QED) is 0.690. The van der Waals surface area contributed by atoms with Crippen LogP contribution in [0, 0.1) is 11.8 Å². The second kappa shape index (κ2) is 6.00. The minimum atomic E-state index is -1.35. The Morgan fingerprint density at radius 2 is 2.04 bits per heavy atom. The predicted molar refractivity (Wildman–Crippen MR) is 86.3 cm³/mol. The lowest BCUT2D eigenvalue weighted by Crippen LogP contribution is -2.54. The number of phenols is 1. The minimum absolute atomic E-state index is 0.0673. The molecular formula is C18H22O7. The summed E-state index contributed by atoms with van der Waals surface area (Å²) >= 11 is 0. The fraction of sp³-hybridized carbons (Fsp3) is 0.556. The number of benzene rings is 1. The number of hydrogen-bond acceptors (Lipinski definition) is 7. The second-order valence-electron chi connectivity index (χ2n) is 7.09. The molecule has 25 heavy (non-hydrogen) atoms. The summed E-state index contributed by atoms with van der Waals surface area (Å²) in [5, 5.41) is 31.7. The SMILES string of the molecule is COc1cc(O)c2c(c1)[C@H](O)[C@H]1C[C@](C)(O)[C@H](OC(C)=O)C[C@@H]1C2=O. The summed E-state index contributed by atoms with van der Waals surface area (Å²) in [6.07, 6.45) is -1.69. The number of hydrogen-bond donors (Lipinski definition) is 3. The molecule has 0 radical (unpaired) electrons. The Bertz CT molecular complexity index is 724. The Kier molecular flexibility index (Phi) is 4.25. The van der Waals surface area contributed by atoms with Gasteiger partial charge >= 0.3 is 5.97 Å². The van der Waals surface area contributed by atoms with E-state index in [1.807, 2.05) is 0 Å². The molecule has 0 aliphatic heterocycles. The molecule has 0 bridgehead atoms. The van der Waals surface area contributed by atoms with Crippen molar-refractivity contribution in [1.29, 1.82) is 0 Å². The van der Waals surface area contributed by atoms with Gasteiger partial charge in [-0.25, -0.2) is 0 Å². The normalized spacial score (nSPS) is 34.0. The van der Waals surface area contributed by atoms with Crippen LogP contribution in [-0.4, -0.2) is 45.9 Å². The van der Waals surface area contributed by atoms with Crippen molar-refractivity contribution in [2.24, 2.45) is 11.8 Å². The van der Waals surface area contributed by atoms with Crippen molar-refractivity contribution in [3.63, 3.8) is 0 Å². The lowest BCUT2D eigenvalue weighted by Gasteiger charge is -2.47. The largest absolute Gasteiger partial charge is 0.507 e. The first-order valence-electron chi connectivity index (χ1n) is 8.18. The summed E-state index contributed by atoms with van der Waals surface area (Å²) in [5.74, 6) is -1.96. The third kappa shape index (κ3) is 2.87. The van der Waals surface area contributed by atoms with E-state index in [1.54, 1.807) is 0 Å². The van der Waals surface area contributed by atoms with Crippen LogP contribution in [0.15, 0.2) is 12.1 Å². The van der Waals surface area contributed by atoms with Gasteiger partial charge in [-0.15, -0.1) is 0 Å². The first kappa shape index (κ1) is 17.7. The molecule has 1 saturated carbocycles. The molecule has 7 heteroatoms. The zero-order valence-corrected chi connectivity index (χ0v) is 14.4. The molecule has 2 aliphatic rings.